The van der Waals surface area contributed by atoms with Crippen LogP contribution in [0.4, 0.5) is 4.39 Å². The number of nitrogens with one attached hydrogen (secondary N) is 1. The Balaban J connectivity index is 2.14. The van der Waals surface area contributed by atoms with E-state index in [1.807, 2.05) is 0 Å². The van der Waals surface area contributed by atoms with Gasteiger partial charge in [-0.25, -0.2) is 4.39 Å². The maximum absolute atomic E-state index is 12.9. The van der Waals surface area contributed by atoms with Gasteiger partial charge in [-0.2, -0.15) is 0 Å². The van der Waals surface area contributed by atoms with Crippen molar-refractivity contribution >= 4 is 0 Å². The number of hydrogen-bond acceptors (Lipinski definition) is 3. The van der Waals surface area contributed by atoms with E-state index in [2.05, 4.69) is 36.0 Å². The quantitative estimate of drug-likeness (QED) is 0.894. The lowest BCUT2D eigenvalue weighted by Gasteiger charge is -2.40. The zero-order valence-electron chi connectivity index (χ0n) is 11.4. The first-order valence-corrected chi connectivity index (χ1v) is 6.71. The van der Waals surface area contributed by atoms with Gasteiger partial charge in [-0.1, -0.05) is 6.92 Å². The first-order chi connectivity index (χ1) is 8.60. The zero-order valence-corrected chi connectivity index (χ0v) is 11.4. The fourth-order valence-corrected chi connectivity index (χ4v) is 2.86. The van der Waals surface area contributed by atoms with Crippen molar-refractivity contribution in [3.8, 4) is 0 Å². The molecule has 0 amide bonds. The molecule has 1 aromatic heterocycles. The molecule has 3 unspecified atom stereocenters. The minimum absolute atomic E-state index is 0.268. The molecule has 1 aliphatic rings. The number of aromatic nitrogens is 1. The Morgan fingerprint density at radius 2 is 2.06 bits per heavy atom. The van der Waals surface area contributed by atoms with E-state index in [-0.39, 0.29) is 11.9 Å². The minimum atomic E-state index is -0.268. The van der Waals surface area contributed by atoms with Gasteiger partial charge in [0.1, 0.15) is 5.82 Å². The van der Waals surface area contributed by atoms with Gasteiger partial charge in [-0.05, 0) is 32.4 Å². The summed E-state index contributed by atoms with van der Waals surface area (Å²) in [6.07, 6.45) is 2.31. The summed E-state index contributed by atoms with van der Waals surface area (Å²) in [4.78, 5) is 6.69. The van der Waals surface area contributed by atoms with Gasteiger partial charge in [-0.15, -0.1) is 0 Å². The number of halogens is 1. The van der Waals surface area contributed by atoms with Gasteiger partial charge in [0.15, 0.2) is 0 Å². The second kappa shape index (κ2) is 5.76. The molecule has 0 saturated carbocycles. The number of pyridine rings is 1. The maximum atomic E-state index is 12.9. The summed E-state index contributed by atoms with van der Waals surface area (Å²) in [7, 11) is 0. The van der Waals surface area contributed by atoms with Crippen LogP contribution in [-0.4, -0.2) is 35.1 Å². The smallest absolute Gasteiger partial charge is 0.141 e. The molecule has 1 fully saturated rings. The van der Waals surface area contributed by atoms with Crippen LogP contribution in [0, 0.1) is 5.82 Å². The largest absolute Gasteiger partial charge is 0.309 e. The number of nitrogens with zero attached hydrogens (tertiary/aromatic N) is 2. The van der Waals surface area contributed by atoms with Crippen molar-refractivity contribution in [3.63, 3.8) is 0 Å². The minimum Gasteiger partial charge on any atom is -0.309 e. The molecule has 0 bridgehead atoms. The Hall–Kier alpha value is -1.00. The SMILES string of the molecule is CCC(c1ccc(F)cn1)N1CC(C)NC(C)C1. The molecule has 3 atom stereocenters. The molecular formula is C14H22FN3. The molecule has 3 nitrogen and oxygen atoms in total. The lowest BCUT2D eigenvalue weighted by molar-refractivity contribution is 0.117. The lowest BCUT2D eigenvalue weighted by atomic mass is 10.0. The lowest BCUT2D eigenvalue weighted by Crippen LogP contribution is -2.55. The fraction of sp³-hybridized carbons (Fsp3) is 0.643. The normalized spacial score (nSPS) is 27.1. The molecule has 0 radical (unpaired) electrons. The van der Waals surface area contributed by atoms with Crippen LogP contribution in [0.3, 0.4) is 0 Å². The highest BCUT2D eigenvalue weighted by Crippen LogP contribution is 2.24. The molecule has 0 aliphatic carbocycles. The van der Waals surface area contributed by atoms with Crippen molar-refractivity contribution < 1.29 is 4.39 Å². The average Bonchev–Trinajstić information content (AvgIpc) is 2.31. The van der Waals surface area contributed by atoms with E-state index in [4.69, 9.17) is 0 Å². The van der Waals surface area contributed by atoms with Crippen LogP contribution >= 0.6 is 0 Å². The summed E-state index contributed by atoms with van der Waals surface area (Å²) in [6.45, 7) is 8.60. The number of hydrogen-bond donors (Lipinski definition) is 1. The molecule has 4 heteroatoms. The zero-order chi connectivity index (χ0) is 13.1. The Morgan fingerprint density at radius 1 is 1.39 bits per heavy atom. The number of piperazine rings is 1. The third kappa shape index (κ3) is 3.06. The molecule has 0 spiro atoms. The Labute approximate surface area is 108 Å². The number of rotatable bonds is 3. The van der Waals surface area contributed by atoms with Crippen molar-refractivity contribution in [1.82, 2.24) is 15.2 Å². The molecule has 2 heterocycles. The summed E-state index contributed by atoms with van der Waals surface area (Å²) >= 11 is 0. The van der Waals surface area contributed by atoms with Crippen LogP contribution in [0.25, 0.3) is 0 Å². The highest BCUT2D eigenvalue weighted by atomic mass is 19.1. The first-order valence-electron chi connectivity index (χ1n) is 6.71. The average molecular weight is 251 g/mol. The molecule has 1 saturated heterocycles. The Morgan fingerprint density at radius 3 is 2.56 bits per heavy atom. The summed E-state index contributed by atoms with van der Waals surface area (Å²) in [6, 6.07) is 4.57. The molecule has 2 rings (SSSR count). The molecule has 0 aromatic carbocycles. The van der Waals surface area contributed by atoms with E-state index in [9.17, 15) is 4.39 Å². The van der Waals surface area contributed by atoms with E-state index in [1.165, 1.54) is 12.3 Å². The van der Waals surface area contributed by atoms with Crippen LogP contribution < -0.4 is 5.32 Å². The third-order valence-corrected chi connectivity index (χ3v) is 3.50. The van der Waals surface area contributed by atoms with Gasteiger partial charge >= 0.3 is 0 Å². The van der Waals surface area contributed by atoms with Crippen LogP contribution in [0.15, 0.2) is 18.3 Å². The van der Waals surface area contributed by atoms with E-state index in [0.717, 1.165) is 25.2 Å². The Bertz CT molecular complexity index is 369. The summed E-state index contributed by atoms with van der Waals surface area (Å²) in [5.41, 5.74) is 0.972. The van der Waals surface area contributed by atoms with Crippen LogP contribution in [0.1, 0.15) is 38.9 Å². The highest BCUT2D eigenvalue weighted by molar-refractivity contribution is 5.10. The topological polar surface area (TPSA) is 28.2 Å². The molecule has 18 heavy (non-hydrogen) atoms. The van der Waals surface area contributed by atoms with Gasteiger partial charge in [0.25, 0.3) is 0 Å². The first kappa shape index (κ1) is 13.4. The maximum Gasteiger partial charge on any atom is 0.141 e. The second-order valence-electron chi connectivity index (χ2n) is 5.25. The summed E-state index contributed by atoms with van der Waals surface area (Å²) < 4.78 is 12.9. The monoisotopic (exact) mass is 251 g/mol. The van der Waals surface area contributed by atoms with Crippen molar-refractivity contribution in [1.29, 1.82) is 0 Å². The van der Waals surface area contributed by atoms with Crippen molar-refractivity contribution in [2.75, 3.05) is 13.1 Å². The van der Waals surface area contributed by atoms with Gasteiger partial charge in [0.2, 0.25) is 0 Å². The van der Waals surface area contributed by atoms with Crippen molar-refractivity contribution in [2.45, 2.75) is 45.3 Å². The van der Waals surface area contributed by atoms with Gasteiger partial charge in [0, 0.05) is 25.2 Å². The molecule has 100 valence electrons. The molecular weight excluding hydrogens is 229 g/mol. The van der Waals surface area contributed by atoms with Crippen LogP contribution in [-0.2, 0) is 0 Å². The second-order valence-corrected chi connectivity index (χ2v) is 5.25. The van der Waals surface area contributed by atoms with Gasteiger partial charge in [0.05, 0.1) is 17.9 Å². The van der Waals surface area contributed by atoms with E-state index in [1.54, 1.807) is 6.07 Å². The molecule has 1 aromatic rings. The standard InChI is InChI=1S/C14H22FN3/c1-4-14(13-6-5-12(15)7-16-13)18-8-10(2)17-11(3)9-18/h5-7,10-11,14,17H,4,8-9H2,1-3H3. The molecule has 1 aliphatic heterocycles. The third-order valence-electron chi connectivity index (χ3n) is 3.50. The fourth-order valence-electron chi connectivity index (χ4n) is 2.86. The predicted octanol–water partition coefficient (Wildman–Crippen LogP) is 2.35. The Kier molecular flexibility index (Phi) is 4.30. The predicted molar refractivity (Wildman–Crippen MR) is 70.9 cm³/mol. The summed E-state index contributed by atoms with van der Waals surface area (Å²) in [5.74, 6) is -0.268. The van der Waals surface area contributed by atoms with E-state index < -0.39 is 0 Å². The van der Waals surface area contributed by atoms with Gasteiger partial charge in [-0.3, -0.25) is 9.88 Å². The van der Waals surface area contributed by atoms with Crippen molar-refractivity contribution in [3.05, 3.63) is 29.8 Å². The van der Waals surface area contributed by atoms with Crippen LogP contribution in [0.5, 0.6) is 0 Å². The van der Waals surface area contributed by atoms with E-state index in [0.29, 0.717) is 12.1 Å². The van der Waals surface area contributed by atoms with E-state index >= 15 is 0 Å². The summed E-state index contributed by atoms with van der Waals surface area (Å²) in [5, 5.41) is 3.53. The highest BCUT2D eigenvalue weighted by Gasteiger charge is 2.27. The molecule has 1 N–H and O–H groups in total. The van der Waals surface area contributed by atoms with Crippen LogP contribution in [0.2, 0.25) is 0 Å². The van der Waals surface area contributed by atoms with Gasteiger partial charge < -0.3 is 5.32 Å². The van der Waals surface area contributed by atoms with Crippen molar-refractivity contribution in [2.24, 2.45) is 0 Å².